The molecule has 1 fully saturated rings. The van der Waals surface area contributed by atoms with Crippen molar-refractivity contribution in [2.45, 2.75) is 17.9 Å². The number of hydrogen-bond donors (Lipinski definition) is 0. The zero-order chi connectivity index (χ0) is 17.2. The molecular weight excluding hydrogens is 328 g/mol. The van der Waals surface area contributed by atoms with E-state index in [1.165, 1.54) is 0 Å². The summed E-state index contributed by atoms with van der Waals surface area (Å²) >= 11 is 0. The molecule has 0 amide bonds. The third-order valence-corrected chi connectivity index (χ3v) is 4.72. The molecular formula is C18H18O5S. The first-order chi connectivity index (χ1) is 11.4. The summed E-state index contributed by atoms with van der Waals surface area (Å²) in [6.45, 7) is -0.175. The van der Waals surface area contributed by atoms with E-state index in [0.29, 0.717) is 6.42 Å². The quantitative estimate of drug-likeness (QED) is 0.613. The van der Waals surface area contributed by atoms with Crippen molar-refractivity contribution in [2.75, 3.05) is 12.9 Å². The minimum Gasteiger partial charge on any atom is -0.459 e. The van der Waals surface area contributed by atoms with Gasteiger partial charge in [0.25, 0.3) is 10.1 Å². The van der Waals surface area contributed by atoms with E-state index >= 15 is 0 Å². The second-order valence-corrected chi connectivity index (χ2v) is 7.50. The number of carbonyl (C=O) groups is 1. The second kappa shape index (κ2) is 6.37. The molecule has 1 aliphatic rings. The van der Waals surface area contributed by atoms with Gasteiger partial charge in [0.15, 0.2) is 0 Å². The molecule has 0 aliphatic carbocycles. The normalized spacial score (nSPS) is 19.9. The Morgan fingerprint density at radius 3 is 2.00 bits per heavy atom. The summed E-state index contributed by atoms with van der Waals surface area (Å²) in [5, 5.41) is 0. The van der Waals surface area contributed by atoms with Gasteiger partial charge in [0.2, 0.25) is 0 Å². The van der Waals surface area contributed by atoms with Crippen molar-refractivity contribution in [3.8, 4) is 0 Å². The number of rotatable bonds is 5. The Balaban J connectivity index is 1.99. The zero-order valence-corrected chi connectivity index (χ0v) is 14.0. The van der Waals surface area contributed by atoms with E-state index in [2.05, 4.69) is 0 Å². The maximum Gasteiger partial charge on any atom is 0.321 e. The Labute approximate surface area is 141 Å². The van der Waals surface area contributed by atoms with Crippen LogP contribution in [0.25, 0.3) is 0 Å². The molecule has 0 saturated carbocycles. The zero-order valence-electron chi connectivity index (χ0n) is 13.2. The lowest BCUT2D eigenvalue weighted by molar-refractivity contribution is -0.145. The number of benzene rings is 2. The van der Waals surface area contributed by atoms with Crippen LogP contribution < -0.4 is 0 Å². The highest BCUT2D eigenvalue weighted by Crippen LogP contribution is 2.43. The van der Waals surface area contributed by atoms with E-state index in [-0.39, 0.29) is 12.6 Å². The predicted octanol–water partition coefficient (Wildman–Crippen LogP) is 2.26. The van der Waals surface area contributed by atoms with Crippen molar-refractivity contribution in [2.24, 2.45) is 0 Å². The predicted molar refractivity (Wildman–Crippen MR) is 89.0 cm³/mol. The van der Waals surface area contributed by atoms with Crippen molar-refractivity contribution in [3.63, 3.8) is 0 Å². The number of carbonyl (C=O) groups excluding carboxylic acids is 1. The lowest BCUT2D eigenvalue weighted by Crippen LogP contribution is -2.33. The monoisotopic (exact) mass is 346 g/mol. The lowest BCUT2D eigenvalue weighted by atomic mass is 9.72. The summed E-state index contributed by atoms with van der Waals surface area (Å²) in [7, 11) is -3.59. The average molecular weight is 346 g/mol. The van der Waals surface area contributed by atoms with E-state index in [1.54, 1.807) is 0 Å². The van der Waals surface area contributed by atoms with Gasteiger partial charge in [0.05, 0.1) is 6.26 Å². The van der Waals surface area contributed by atoms with Gasteiger partial charge in [-0.15, -0.1) is 0 Å². The van der Waals surface area contributed by atoms with Gasteiger partial charge in [-0.2, -0.15) is 8.42 Å². The van der Waals surface area contributed by atoms with Crippen LogP contribution in [0.3, 0.4) is 0 Å². The molecule has 0 spiro atoms. The highest BCUT2D eigenvalue weighted by atomic mass is 32.2. The van der Waals surface area contributed by atoms with Gasteiger partial charge < -0.3 is 4.74 Å². The molecule has 3 rings (SSSR count). The Bertz CT molecular complexity index is 776. The van der Waals surface area contributed by atoms with E-state index in [1.807, 2.05) is 60.7 Å². The highest BCUT2D eigenvalue weighted by molar-refractivity contribution is 7.85. The van der Waals surface area contributed by atoms with Crippen molar-refractivity contribution >= 4 is 16.1 Å². The fourth-order valence-electron chi connectivity index (χ4n) is 3.09. The van der Waals surface area contributed by atoms with Gasteiger partial charge >= 0.3 is 5.97 Å². The van der Waals surface area contributed by atoms with Crippen molar-refractivity contribution < 1.29 is 22.1 Å². The molecule has 1 unspecified atom stereocenters. The van der Waals surface area contributed by atoms with E-state index in [0.717, 1.165) is 17.4 Å². The molecule has 0 N–H and O–H groups in total. The molecule has 1 saturated heterocycles. The van der Waals surface area contributed by atoms with Crippen LogP contribution in [0, 0.1) is 0 Å². The highest BCUT2D eigenvalue weighted by Gasteiger charge is 2.51. The van der Waals surface area contributed by atoms with Crippen LogP contribution in [-0.4, -0.2) is 33.4 Å². The largest absolute Gasteiger partial charge is 0.459 e. The summed E-state index contributed by atoms with van der Waals surface area (Å²) in [4.78, 5) is 12.8. The standard InChI is InChI=1S/C18H18O5S/c1-24(20,21)22-13-16-12-18(17(19)23-16,14-8-4-2-5-9-14)15-10-6-3-7-11-15/h2-11,16H,12-13H2,1H3. The molecule has 2 aromatic rings. The van der Waals surface area contributed by atoms with E-state index in [4.69, 9.17) is 8.92 Å². The maximum absolute atomic E-state index is 12.8. The van der Waals surface area contributed by atoms with Crippen molar-refractivity contribution in [3.05, 3.63) is 71.8 Å². The van der Waals surface area contributed by atoms with Crippen molar-refractivity contribution in [1.82, 2.24) is 0 Å². The third-order valence-electron chi connectivity index (χ3n) is 4.16. The van der Waals surface area contributed by atoms with Gasteiger partial charge in [0, 0.05) is 6.42 Å². The van der Waals surface area contributed by atoms with Crippen LogP contribution in [0.4, 0.5) is 0 Å². The fourth-order valence-corrected chi connectivity index (χ4v) is 3.49. The van der Waals surface area contributed by atoms with Gasteiger partial charge in [-0.05, 0) is 11.1 Å². The minimum absolute atomic E-state index is 0.175. The maximum atomic E-state index is 12.8. The van der Waals surface area contributed by atoms with Crippen LogP contribution in [-0.2, 0) is 29.2 Å². The first-order valence-electron chi connectivity index (χ1n) is 7.58. The van der Waals surface area contributed by atoms with Crippen LogP contribution in [0.15, 0.2) is 60.7 Å². The molecule has 0 aromatic heterocycles. The summed E-state index contributed by atoms with van der Waals surface area (Å²) in [6.07, 6.45) is 0.688. The Kier molecular flexibility index (Phi) is 4.43. The molecule has 1 heterocycles. The van der Waals surface area contributed by atoms with Crippen LogP contribution in [0.2, 0.25) is 0 Å². The number of esters is 1. The fraction of sp³-hybridized carbons (Fsp3) is 0.278. The molecule has 1 atom stereocenters. The van der Waals surface area contributed by atoms with Crippen LogP contribution in [0.5, 0.6) is 0 Å². The first-order valence-corrected chi connectivity index (χ1v) is 9.40. The molecule has 126 valence electrons. The summed E-state index contributed by atoms with van der Waals surface area (Å²) in [6, 6.07) is 18.8. The Hall–Kier alpha value is -2.18. The van der Waals surface area contributed by atoms with Crippen molar-refractivity contribution in [1.29, 1.82) is 0 Å². The van der Waals surface area contributed by atoms with Gasteiger partial charge in [-0.1, -0.05) is 60.7 Å². The van der Waals surface area contributed by atoms with E-state index < -0.39 is 21.6 Å². The number of cyclic esters (lactones) is 1. The average Bonchev–Trinajstić information content (AvgIpc) is 2.92. The van der Waals surface area contributed by atoms with Crippen LogP contribution in [0.1, 0.15) is 17.5 Å². The molecule has 0 bridgehead atoms. The summed E-state index contributed by atoms with van der Waals surface area (Å²) in [5.41, 5.74) is 0.694. The topological polar surface area (TPSA) is 69.7 Å². The van der Waals surface area contributed by atoms with Gasteiger partial charge in [-0.25, -0.2) is 0 Å². The Morgan fingerprint density at radius 2 is 1.54 bits per heavy atom. The first kappa shape index (κ1) is 16.7. The smallest absolute Gasteiger partial charge is 0.321 e. The third kappa shape index (κ3) is 3.20. The molecule has 2 aromatic carbocycles. The molecule has 6 heteroatoms. The van der Waals surface area contributed by atoms with E-state index in [9.17, 15) is 13.2 Å². The second-order valence-electron chi connectivity index (χ2n) is 5.86. The molecule has 1 aliphatic heterocycles. The number of ether oxygens (including phenoxy) is 1. The summed E-state index contributed by atoms with van der Waals surface area (Å²) < 4.78 is 32.7. The minimum atomic E-state index is -3.59. The molecule has 24 heavy (non-hydrogen) atoms. The number of hydrogen-bond acceptors (Lipinski definition) is 5. The Morgan fingerprint density at radius 1 is 1.04 bits per heavy atom. The van der Waals surface area contributed by atoms with Gasteiger partial charge in [0.1, 0.15) is 18.1 Å². The lowest BCUT2D eigenvalue weighted by Gasteiger charge is -2.26. The molecule has 0 radical (unpaired) electrons. The SMILES string of the molecule is CS(=O)(=O)OCC1CC(c2ccccc2)(c2ccccc2)C(=O)O1. The molecule has 5 nitrogen and oxygen atoms in total. The summed E-state index contributed by atoms with van der Waals surface area (Å²) in [5.74, 6) is -0.387. The van der Waals surface area contributed by atoms with Gasteiger partial charge in [-0.3, -0.25) is 8.98 Å². The van der Waals surface area contributed by atoms with Crippen LogP contribution >= 0.6 is 0 Å².